The van der Waals surface area contributed by atoms with E-state index < -0.39 is 270 Å². The summed E-state index contributed by atoms with van der Waals surface area (Å²) in [5.41, 5.74) is -9.59. The lowest BCUT2D eigenvalue weighted by molar-refractivity contribution is 0.349. The zero-order valence-electron chi connectivity index (χ0n) is 37.4. The van der Waals surface area contributed by atoms with Gasteiger partial charge in [-0.1, -0.05) is 0 Å². The van der Waals surface area contributed by atoms with Gasteiger partial charge < -0.3 is 147 Å². The minimum absolute atomic E-state index is 0.0848. The van der Waals surface area contributed by atoms with Gasteiger partial charge >= 0.3 is 0 Å². The van der Waals surface area contributed by atoms with Crippen molar-refractivity contribution in [3.63, 3.8) is 0 Å². The van der Waals surface area contributed by atoms with Gasteiger partial charge in [0.1, 0.15) is 39.3 Å². The van der Waals surface area contributed by atoms with Gasteiger partial charge in [0, 0.05) is 32.3 Å². The molecule has 0 aliphatic rings. The zero-order valence-corrected chi connectivity index (χ0v) is 37.4. The SMILES string of the molecule is Oc1c(O)c(O)c2c(c1O)c1c(O)c(O)c(O)c(O)c1c1c(O)c(-n3c4c(O)c(O)c(O)c(O)c4c4c(O)c(-c5c(O)c(O)c6c(c5O)c5c(O)c(O)c(O)c7c8c(O)c(O)c(O)c(O)c8n6c75)c(O)c(O)c43)c(O)c(O)c21. The lowest BCUT2D eigenvalue weighted by Crippen LogP contribution is -1.99. The van der Waals surface area contributed by atoms with E-state index in [-0.39, 0.29) is 4.57 Å². The first kappa shape index (κ1) is 46.8. The number of nitrogens with zero attached hydrogens (tertiary/aromatic N) is 2. The van der Waals surface area contributed by atoms with Crippen LogP contribution in [0.5, 0.6) is 161 Å². The Labute approximate surface area is 421 Å². The molecule has 78 heavy (non-hydrogen) atoms. The molecule has 0 saturated carbocycles. The second kappa shape index (κ2) is 13.9. The van der Waals surface area contributed by atoms with E-state index in [1.165, 1.54) is 0 Å². The van der Waals surface area contributed by atoms with Crippen LogP contribution in [0.2, 0.25) is 0 Å². The first-order valence-electron chi connectivity index (χ1n) is 21.4. The molecule has 3 aromatic heterocycles. The third kappa shape index (κ3) is 4.68. The maximum Gasteiger partial charge on any atom is 0.206 e. The lowest BCUT2D eigenvalue weighted by Gasteiger charge is -2.22. The molecule has 0 aliphatic carbocycles. The summed E-state index contributed by atoms with van der Waals surface area (Å²) in [7, 11) is 0. The van der Waals surface area contributed by atoms with Crippen LogP contribution < -0.4 is 0 Å². The number of rotatable bonds is 2. The second-order valence-electron chi connectivity index (χ2n) is 17.8. The third-order valence-corrected chi connectivity index (χ3v) is 14.2. The van der Waals surface area contributed by atoms with Crippen LogP contribution in [0, 0.1) is 0 Å². The molecule has 9 aromatic carbocycles. The number of hydrogen-bond donors (Lipinski definition) is 28. The molecule has 0 fully saturated rings. The van der Waals surface area contributed by atoms with Gasteiger partial charge in [0.2, 0.25) is 51.7 Å². The number of aromatic nitrogens is 2. The quantitative estimate of drug-likeness (QED) is 0.0627. The highest BCUT2D eigenvalue weighted by molar-refractivity contribution is 6.37. The first-order chi connectivity index (χ1) is 36.5. The van der Waals surface area contributed by atoms with E-state index in [2.05, 4.69) is 0 Å². The average molecular weight is 1080 g/mol. The number of phenols is 28. The number of phenolic OH excluding ortho intramolecular Hbond substituents is 28. The van der Waals surface area contributed by atoms with Gasteiger partial charge in [-0.25, -0.2) is 0 Å². The smallest absolute Gasteiger partial charge is 0.206 e. The van der Waals surface area contributed by atoms with E-state index >= 15 is 0 Å². The van der Waals surface area contributed by atoms with Gasteiger partial charge in [0.05, 0.1) is 49.0 Å². The Morgan fingerprint density at radius 3 is 0.705 bits per heavy atom. The van der Waals surface area contributed by atoms with Crippen LogP contribution in [-0.2, 0) is 0 Å². The summed E-state index contributed by atoms with van der Waals surface area (Å²) in [6, 6.07) is 0. The summed E-state index contributed by atoms with van der Waals surface area (Å²) in [6.07, 6.45) is 0. The Kier molecular flexibility index (Phi) is 8.32. The number of fused-ring (bicyclic) bond motifs is 15. The number of hydrogen-bond acceptors (Lipinski definition) is 28. The van der Waals surface area contributed by atoms with E-state index in [1.54, 1.807) is 0 Å². The van der Waals surface area contributed by atoms with Crippen LogP contribution in [0.4, 0.5) is 0 Å². The monoisotopic (exact) mass is 1080 g/mol. The Bertz CT molecular complexity index is 4950. The normalized spacial score (nSPS) is 12.3. The molecule has 398 valence electrons. The van der Waals surface area contributed by atoms with E-state index in [0.717, 1.165) is 0 Å². The summed E-state index contributed by atoms with van der Waals surface area (Å²) in [6.45, 7) is 0. The predicted molar refractivity (Wildman–Crippen MR) is 260 cm³/mol. The van der Waals surface area contributed by atoms with Crippen molar-refractivity contribution in [1.29, 1.82) is 0 Å². The van der Waals surface area contributed by atoms with Gasteiger partial charge in [-0.3, -0.25) is 4.57 Å². The fraction of sp³-hybridized carbons (Fsp3) is 0. The van der Waals surface area contributed by atoms with Crippen molar-refractivity contribution in [3.8, 4) is 178 Å². The highest BCUT2D eigenvalue weighted by Crippen LogP contribution is 2.68. The molecule has 12 aromatic rings. The Morgan fingerprint density at radius 1 is 0.141 bits per heavy atom. The Balaban J connectivity index is 1.30. The van der Waals surface area contributed by atoms with Crippen molar-refractivity contribution >= 4 is 92.2 Å². The molecule has 30 heteroatoms. The van der Waals surface area contributed by atoms with Crippen LogP contribution >= 0.6 is 0 Å². The molecule has 0 radical (unpaired) electrons. The minimum atomic E-state index is -1.80. The first-order valence-corrected chi connectivity index (χ1v) is 21.4. The van der Waals surface area contributed by atoms with E-state index in [0.29, 0.717) is 4.40 Å². The highest BCUT2D eigenvalue weighted by Gasteiger charge is 2.41. The standard InChI is InChI=1S/C48H28N2O28/c51-21-9-7-15-8(30(60)40(70)29(7)59)11-18(37(67)47(77)45(75)31(11)61)49(15)16(9)35(65)33(63)13(21)14-22(52)10-12-19(38(68)48(78)46(76)32(12)62)50(17(10)36(66)34(14)64)20-23(53)1-2(24(54)39(20)69)4-6(28(58)44(74)42(72)26(4)56)5-3(1)25(55)41(71)43(73)27(5)57/h51-78H. The molecule has 3 heterocycles. The number of aromatic hydroxyl groups is 28. The van der Waals surface area contributed by atoms with Crippen molar-refractivity contribution in [2.24, 2.45) is 0 Å². The Hall–Kier alpha value is -12.2. The van der Waals surface area contributed by atoms with Crippen LogP contribution in [0.3, 0.4) is 0 Å². The molecule has 0 unspecified atom stereocenters. The fourth-order valence-corrected chi connectivity index (χ4v) is 10.9. The molecular formula is C48H28N2O28. The summed E-state index contributed by atoms with van der Waals surface area (Å²) >= 11 is 0. The van der Waals surface area contributed by atoms with Gasteiger partial charge in [-0.05, 0) is 0 Å². The molecule has 0 atom stereocenters. The minimum Gasteiger partial charge on any atom is -0.506 e. The molecule has 0 spiro atoms. The summed E-state index contributed by atoms with van der Waals surface area (Å²) in [5, 5.41) is 305. The molecule has 0 aliphatic heterocycles. The number of benzene rings is 9. The second-order valence-corrected chi connectivity index (χ2v) is 17.8. The van der Waals surface area contributed by atoms with Crippen molar-refractivity contribution < 1.29 is 143 Å². The van der Waals surface area contributed by atoms with Crippen molar-refractivity contribution in [3.05, 3.63) is 0 Å². The zero-order chi connectivity index (χ0) is 56.9. The summed E-state index contributed by atoms with van der Waals surface area (Å²) in [4.78, 5) is 0. The molecule has 0 saturated heterocycles. The average Bonchev–Trinajstić information content (AvgIpc) is 4.13. The van der Waals surface area contributed by atoms with Gasteiger partial charge in [0.15, 0.2) is 97.7 Å². The van der Waals surface area contributed by atoms with Gasteiger partial charge in [-0.15, -0.1) is 0 Å². The van der Waals surface area contributed by atoms with E-state index in [9.17, 15) is 143 Å². The lowest BCUT2D eigenvalue weighted by atomic mass is 9.89. The topological polar surface area (TPSA) is 576 Å². The molecule has 12 rings (SSSR count). The summed E-state index contributed by atoms with van der Waals surface area (Å²) in [5.74, 6) is -43.8. The Morgan fingerprint density at radius 2 is 0.346 bits per heavy atom. The molecule has 0 bridgehead atoms. The van der Waals surface area contributed by atoms with Crippen molar-refractivity contribution in [1.82, 2.24) is 8.97 Å². The molecule has 28 N–H and O–H groups in total. The molecular weight excluding hydrogens is 1050 g/mol. The van der Waals surface area contributed by atoms with Crippen LogP contribution in [0.1, 0.15) is 0 Å². The van der Waals surface area contributed by atoms with Crippen LogP contribution in [0.25, 0.3) is 109 Å². The van der Waals surface area contributed by atoms with Crippen molar-refractivity contribution in [2.45, 2.75) is 0 Å². The van der Waals surface area contributed by atoms with Crippen LogP contribution in [0.15, 0.2) is 0 Å². The van der Waals surface area contributed by atoms with Gasteiger partial charge in [-0.2, -0.15) is 0 Å². The summed E-state index contributed by atoms with van der Waals surface area (Å²) < 4.78 is 0.665. The molecule has 30 nitrogen and oxygen atoms in total. The molecule has 0 amide bonds. The van der Waals surface area contributed by atoms with E-state index in [4.69, 9.17) is 0 Å². The largest absolute Gasteiger partial charge is 0.506 e. The maximum atomic E-state index is 12.5. The predicted octanol–water partition coefficient (Wildman–Crippen LogP) is 4.82. The van der Waals surface area contributed by atoms with Crippen molar-refractivity contribution in [2.75, 3.05) is 0 Å². The van der Waals surface area contributed by atoms with Crippen LogP contribution in [-0.4, -0.2) is 152 Å². The fourth-order valence-electron chi connectivity index (χ4n) is 10.9. The van der Waals surface area contributed by atoms with E-state index in [1.807, 2.05) is 0 Å². The highest BCUT2D eigenvalue weighted by atomic mass is 16.4. The maximum absolute atomic E-state index is 12.5. The third-order valence-electron chi connectivity index (χ3n) is 14.2. The van der Waals surface area contributed by atoms with Gasteiger partial charge in [0.25, 0.3) is 0 Å².